The first kappa shape index (κ1) is 18.3. The van der Waals surface area contributed by atoms with Gasteiger partial charge < -0.3 is 10.1 Å². The standard InChI is InChI=1S/C18H22BrN3O2S/c1-11(2)13-7-8-15(14(19)10-13)24-9-3-4-16(23)20-18-22-21-17(25-18)12-5-6-12/h7-8,10-12H,3-6,9H2,1-2H3,(H,20,22,23). The maximum absolute atomic E-state index is 12.0. The van der Waals surface area contributed by atoms with E-state index >= 15 is 0 Å². The molecule has 1 aromatic heterocycles. The van der Waals surface area contributed by atoms with Crippen molar-refractivity contribution < 1.29 is 9.53 Å². The highest BCUT2D eigenvalue weighted by molar-refractivity contribution is 9.10. The van der Waals surface area contributed by atoms with Crippen LogP contribution in [0.1, 0.15) is 61.9 Å². The number of anilines is 1. The van der Waals surface area contributed by atoms with Crippen LogP contribution in [0.25, 0.3) is 0 Å². The molecule has 0 spiro atoms. The van der Waals surface area contributed by atoms with Crippen LogP contribution in [-0.4, -0.2) is 22.7 Å². The number of hydrogen-bond acceptors (Lipinski definition) is 5. The second-order valence-electron chi connectivity index (χ2n) is 6.56. The summed E-state index contributed by atoms with van der Waals surface area (Å²) in [5.74, 6) is 1.81. The zero-order chi connectivity index (χ0) is 17.8. The molecule has 134 valence electrons. The van der Waals surface area contributed by atoms with Crippen molar-refractivity contribution in [2.45, 2.75) is 51.4 Å². The largest absolute Gasteiger partial charge is 0.492 e. The number of rotatable bonds is 8. The van der Waals surface area contributed by atoms with Crippen LogP contribution in [0.15, 0.2) is 22.7 Å². The number of halogens is 1. The summed E-state index contributed by atoms with van der Waals surface area (Å²) in [4.78, 5) is 12.0. The van der Waals surface area contributed by atoms with E-state index in [9.17, 15) is 4.79 Å². The fourth-order valence-electron chi connectivity index (χ4n) is 2.37. The first-order valence-electron chi connectivity index (χ1n) is 8.58. The SMILES string of the molecule is CC(C)c1ccc(OCCCC(=O)Nc2nnc(C3CC3)s2)c(Br)c1. The van der Waals surface area contributed by atoms with E-state index < -0.39 is 0 Å². The van der Waals surface area contributed by atoms with Gasteiger partial charge in [-0.05, 0) is 58.8 Å². The first-order chi connectivity index (χ1) is 12.0. The van der Waals surface area contributed by atoms with Gasteiger partial charge in [-0.3, -0.25) is 4.79 Å². The summed E-state index contributed by atoms with van der Waals surface area (Å²) in [6, 6.07) is 6.13. The fourth-order valence-corrected chi connectivity index (χ4v) is 3.81. The van der Waals surface area contributed by atoms with Crippen LogP contribution in [0.5, 0.6) is 5.75 Å². The number of benzene rings is 1. The minimum Gasteiger partial charge on any atom is -0.492 e. The molecule has 1 amide bonds. The van der Waals surface area contributed by atoms with Crippen LogP contribution < -0.4 is 10.1 Å². The summed E-state index contributed by atoms with van der Waals surface area (Å²) in [5, 5.41) is 12.6. The molecule has 1 aromatic carbocycles. The summed E-state index contributed by atoms with van der Waals surface area (Å²) in [6.07, 6.45) is 3.43. The maximum atomic E-state index is 12.0. The van der Waals surface area contributed by atoms with E-state index in [1.165, 1.54) is 29.7 Å². The molecule has 1 N–H and O–H groups in total. The molecular formula is C18H22BrN3O2S. The second kappa shape index (κ2) is 8.27. The molecule has 3 rings (SSSR count). The van der Waals surface area contributed by atoms with Gasteiger partial charge in [0.2, 0.25) is 11.0 Å². The van der Waals surface area contributed by atoms with Gasteiger partial charge in [-0.1, -0.05) is 31.3 Å². The van der Waals surface area contributed by atoms with E-state index in [4.69, 9.17) is 4.74 Å². The fraction of sp³-hybridized carbons (Fsp3) is 0.500. The molecule has 0 aliphatic heterocycles. The van der Waals surface area contributed by atoms with Crippen molar-refractivity contribution in [1.29, 1.82) is 0 Å². The number of carbonyl (C=O) groups excluding carboxylic acids is 1. The number of nitrogens with one attached hydrogen (secondary N) is 1. The highest BCUT2D eigenvalue weighted by atomic mass is 79.9. The number of aromatic nitrogens is 2. The molecule has 1 aliphatic rings. The summed E-state index contributed by atoms with van der Waals surface area (Å²) in [5.41, 5.74) is 1.27. The van der Waals surface area contributed by atoms with Crippen LogP contribution in [0.4, 0.5) is 5.13 Å². The zero-order valence-electron chi connectivity index (χ0n) is 14.4. The summed E-state index contributed by atoms with van der Waals surface area (Å²) >= 11 is 5.02. The summed E-state index contributed by atoms with van der Waals surface area (Å²) in [6.45, 7) is 4.81. The number of amides is 1. The van der Waals surface area contributed by atoms with Crippen LogP contribution >= 0.6 is 27.3 Å². The van der Waals surface area contributed by atoms with E-state index in [0.717, 1.165) is 15.2 Å². The lowest BCUT2D eigenvalue weighted by Gasteiger charge is -2.11. The molecular weight excluding hydrogens is 402 g/mol. The van der Waals surface area contributed by atoms with Gasteiger partial charge in [-0.15, -0.1) is 10.2 Å². The molecule has 1 fully saturated rings. The van der Waals surface area contributed by atoms with Crippen molar-refractivity contribution in [3.63, 3.8) is 0 Å². The molecule has 1 saturated carbocycles. The Morgan fingerprint density at radius 3 is 2.88 bits per heavy atom. The lowest BCUT2D eigenvalue weighted by atomic mass is 10.0. The van der Waals surface area contributed by atoms with Crippen molar-refractivity contribution in [3.8, 4) is 5.75 Å². The third-order valence-electron chi connectivity index (χ3n) is 4.04. The predicted molar refractivity (Wildman–Crippen MR) is 103 cm³/mol. The average Bonchev–Trinajstić information content (AvgIpc) is 3.32. The van der Waals surface area contributed by atoms with Gasteiger partial charge in [0.1, 0.15) is 10.8 Å². The Morgan fingerprint density at radius 2 is 2.20 bits per heavy atom. The third-order valence-corrected chi connectivity index (χ3v) is 5.66. The van der Waals surface area contributed by atoms with Crippen LogP contribution in [-0.2, 0) is 4.79 Å². The zero-order valence-corrected chi connectivity index (χ0v) is 16.8. The lowest BCUT2D eigenvalue weighted by Crippen LogP contribution is -2.12. The Bertz CT molecular complexity index is 744. The van der Waals surface area contributed by atoms with Gasteiger partial charge in [0, 0.05) is 12.3 Å². The Balaban J connectivity index is 1.39. The van der Waals surface area contributed by atoms with E-state index in [-0.39, 0.29) is 5.91 Å². The van der Waals surface area contributed by atoms with Crippen molar-refractivity contribution >= 4 is 38.3 Å². The Hall–Kier alpha value is -1.47. The molecule has 0 bridgehead atoms. The van der Waals surface area contributed by atoms with Gasteiger partial charge >= 0.3 is 0 Å². The minimum atomic E-state index is -0.0451. The number of ether oxygens (including phenoxy) is 1. The van der Waals surface area contributed by atoms with Crippen molar-refractivity contribution in [1.82, 2.24) is 10.2 Å². The smallest absolute Gasteiger partial charge is 0.226 e. The highest BCUT2D eigenvalue weighted by Crippen LogP contribution is 2.42. The Morgan fingerprint density at radius 1 is 1.40 bits per heavy atom. The quantitative estimate of drug-likeness (QED) is 0.599. The lowest BCUT2D eigenvalue weighted by molar-refractivity contribution is -0.116. The van der Waals surface area contributed by atoms with Crippen LogP contribution in [0, 0.1) is 0 Å². The summed E-state index contributed by atoms with van der Waals surface area (Å²) < 4.78 is 6.71. The molecule has 0 saturated heterocycles. The third kappa shape index (κ3) is 5.25. The van der Waals surface area contributed by atoms with Gasteiger partial charge in [0.15, 0.2) is 0 Å². The van der Waals surface area contributed by atoms with Crippen molar-refractivity contribution in [3.05, 3.63) is 33.2 Å². The number of nitrogens with zero attached hydrogens (tertiary/aromatic N) is 2. The molecule has 25 heavy (non-hydrogen) atoms. The van der Waals surface area contributed by atoms with Gasteiger partial charge in [-0.25, -0.2) is 0 Å². The molecule has 1 aliphatic carbocycles. The highest BCUT2D eigenvalue weighted by Gasteiger charge is 2.27. The Labute approximate surface area is 160 Å². The number of hydrogen-bond donors (Lipinski definition) is 1. The molecule has 0 radical (unpaired) electrons. The van der Waals surface area contributed by atoms with Crippen molar-refractivity contribution in [2.24, 2.45) is 0 Å². The number of carbonyl (C=O) groups is 1. The Kier molecular flexibility index (Phi) is 6.06. The van der Waals surface area contributed by atoms with E-state index in [2.05, 4.69) is 57.4 Å². The minimum absolute atomic E-state index is 0.0451. The second-order valence-corrected chi connectivity index (χ2v) is 8.43. The molecule has 0 atom stereocenters. The van der Waals surface area contributed by atoms with E-state index in [1.54, 1.807) is 0 Å². The molecule has 5 nitrogen and oxygen atoms in total. The molecule has 7 heteroatoms. The average molecular weight is 424 g/mol. The van der Waals surface area contributed by atoms with E-state index in [1.807, 2.05) is 6.07 Å². The van der Waals surface area contributed by atoms with Crippen LogP contribution in [0.2, 0.25) is 0 Å². The maximum Gasteiger partial charge on any atom is 0.226 e. The van der Waals surface area contributed by atoms with Gasteiger partial charge in [-0.2, -0.15) is 0 Å². The molecule has 1 heterocycles. The first-order valence-corrected chi connectivity index (χ1v) is 10.2. The molecule has 0 unspecified atom stereocenters. The normalized spacial score (nSPS) is 13.9. The monoisotopic (exact) mass is 423 g/mol. The van der Waals surface area contributed by atoms with Crippen LogP contribution in [0.3, 0.4) is 0 Å². The van der Waals surface area contributed by atoms with E-state index in [0.29, 0.717) is 36.4 Å². The van der Waals surface area contributed by atoms with Crippen molar-refractivity contribution in [2.75, 3.05) is 11.9 Å². The van der Waals surface area contributed by atoms with Gasteiger partial charge in [0.05, 0.1) is 11.1 Å². The summed E-state index contributed by atoms with van der Waals surface area (Å²) in [7, 11) is 0. The molecule has 2 aromatic rings. The predicted octanol–water partition coefficient (Wildman–Crippen LogP) is 5.10. The van der Waals surface area contributed by atoms with Gasteiger partial charge in [0.25, 0.3) is 0 Å². The topological polar surface area (TPSA) is 64.1 Å².